The van der Waals surface area contributed by atoms with Gasteiger partial charge in [-0.1, -0.05) is 37.6 Å². The molecule has 0 fully saturated rings. The van der Waals surface area contributed by atoms with Crippen molar-refractivity contribution in [2.75, 3.05) is 0 Å². The van der Waals surface area contributed by atoms with Gasteiger partial charge < -0.3 is 0 Å². The molecule has 0 N–H and O–H groups in total. The Labute approximate surface area is 106 Å². The molecule has 18 heavy (non-hydrogen) atoms. The van der Waals surface area contributed by atoms with E-state index in [0.29, 0.717) is 16.7 Å². The maximum absolute atomic E-state index is 14.0. The van der Waals surface area contributed by atoms with E-state index in [1.165, 1.54) is 12.1 Å². The molecule has 2 rings (SSSR count). The molecular formula is C16H16F2. The number of rotatable bonds is 3. The van der Waals surface area contributed by atoms with Crippen molar-refractivity contribution < 1.29 is 8.78 Å². The Hall–Kier alpha value is -1.70. The Morgan fingerprint density at radius 1 is 0.944 bits per heavy atom. The van der Waals surface area contributed by atoms with Crippen molar-refractivity contribution in [1.82, 2.24) is 0 Å². The fourth-order valence-electron chi connectivity index (χ4n) is 2.00. The van der Waals surface area contributed by atoms with Crippen molar-refractivity contribution in [2.45, 2.75) is 26.7 Å². The molecule has 0 aromatic heterocycles. The average Bonchev–Trinajstić information content (AvgIpc) is 2.34. The first kappa shape index (κ1) is 12.7. The van der Waals surface area contributed by atoms with Crippen molar-refractivity contribution in [3.63, 3.8) is 0 Å². The molecule has 0 nitrogen and oxygen atoms in total. The standard InChI is InChI=1S/C16H16F2/c1-3-4-12-6-8-14(16(18)9-12)13-7-5-11(2)15(17)10-13/h5-10H,3-4H2,1-2H3. The van der Waals surface area contributed by atoms with Gasteiger partial charge in [-0.25, -0.2) is 8.78 Å². The van der Waals surface area contributed by atoms with Crippen LogP contribution in [-0.4, -0.2) is 0 Å². The smallest absolute Gasteiger partial charge is 0.131 e. The Balaban J connectivity index is 2.41. The van der Waals surface area contributed by atoms with Crippen LogP contribution in [0.4, 0.5) is 8.78 Å². The molecule has 2 heteroatoms. The molecule has 0 heterocycles. The molecule has 2 aromatic rings. The zero-order valence-corrected chi connectivity index (χ0v) is 10.6. The average molecular weight is 246 g/mol. The molecule has 0 radical (unpaired) electrons. The topological polar surface area (TPSA) is 0 Å². The molecule has 0 bridgehead atoms. The minimum absolute atomic E-state index is 0.288. The molecule has 94 valence electrons. The SMILES string of the molecule is CCCc1ccc(-c2ccc(C)c(F)c2)c(F)c1. The second-order valence-corrected chi connectivity index (χ2v) is 4.53. The van der Waals surface area contributed by atoms with Gasteiger partial charge in [-0.05, 0) is 42.2 Å². The molecule has 0 amide bonds. The van der Waals surface area contributed by atoms with Gasteiger partial charge >= 0.3 is 0 Å². The number of hydrogen-bond donors (Lipinski definition) is 0. The van der Waals surface area contributed by atoms with Crippen LogP contribution >= 0.6 is 0 Å². The van der Waals surface area contributed by atoms with E-state index < -0.39 is 0 Å². The van der Waals surface area contributed by atoms with Gasteiger partial charge in [0, 0.05) is 5.56 Å². The van der Waals surface area contributed by atoms with Crippen LogP contribution in [0.15, 0.2) is 36.4 Å². The summed E-state index contributed by atoms with van der Waals surface area (Å²) in [4.78, 5) is 0. The summed E-state index contributed by atoms with van der Waals surface area (Å²) in [7, 11) is 0. The van der Waals surface area contributed by atoms with Gasteiger partial charge in [0.25, 0.3) is 0 Å². The highest BCUT2D eigenvalue weighted by Gasteiger charge is 2.08. The van der Waals surface area contributed by atoms with Crippen molar-refractivity contribution in [2.24, 2.45) is 0 Å². The third kappa shape index (κ3) is 2.58. The maximum Gasteiger partial charge on any atom is 0.131 e. The summed E-state index contributed by atoms with van der Waals surface area (Å²) < 4.78 is 27.4. The van der Waals surface area contributed by atoms with Crippen LogP contribution in [-0.2, 0) is 6.42 Å². The van der Waals surface area contributed by atoms with Crippen molar-refractivity contribution >= 4 is 0 Å². The highest BCUT2D eigenvalue weighted by atomic mass is 19.1. The van der Waals surface area contributed by atoms with Crippen LogP contribution < -0.4 is 0 Å². The van der Waals surface area contributed by atoms with Crippen molar-refractivity contribution in [3.05, 3.63) is 59.2 Å². The fraction of sp³-hybridized carbons (Fsp3) is 0.250. The largest absolute Gasteiger partial charge is 0.207 e. The quantitative estimate of drug-likeness (QED) is 0.723. The zero-order valence-electron chi connectivity index (χ0n) is 10.6. The van der Waals surface area contributed by atoms with Gasteiger partial charge in [-0.2, -0.15) is 0 Å². The van der Waals surface area contributed by atoms with Crippen LogP contribution in [0.2, 0.25) is 0 Å². The summed E-state index contributed by atoms with van der Waals surface area (Å²) in [6, 6.07) is 9.97. The zero-order chi connectivity index (χ0) is 13.1. The van der Waals surface area contributed by atoms with Crippen LogP contribution in [0.3, 0.4) is 0 Å². The Kier molecular flexibility index (Phi) is 3.75. The Bertz CT molecular complexity index is 559. The molecule has 0 spiro atoms. The van der Waals surface area contributed by atoms with Crippen molar-refractivity contribution in [3.8, 4) is 11.1 Å². The van der Waals surface area contributed by atoms with E-state index in [2.05, 4.69) is 6.92 Å². The van der Waals surface area contributed by atoms with Gasteiger partial charge in [-0.15, -0.1) is 0 Å². The lowest BCUT2D eigenvalue weighted by molar-refractivity contribution is 0.617. The van der Waals surface area contributed by atoms with Crippen LogP contribution in [0.5, 0.6) is 0 Å². The molecule has 0 saturated carbocycles. The summed E-state index contributed by atoms with van der Waals surface area (Å²) in [5.74, 6) is -0.589. The third-order valence-electron chi connectivity index (χ3n) is 3.06. The van der Waals surface area contributed by atoms with Gasteiger partial charge in [0.05, 0.1) is 0 Å². The molecule has 0 saturated heterocycles. The van der Waals surface area contributed by atoms with Gasteiger partial charge in [0.1, 0.15) is 11.6 Å². The monoisotopic (exact) mass is 246 g/mol. The second-order valence-electron chi connectivity index (χ2n) is 4.53. The van der Waals surface area contributed by atoms with Gasteiger partial charge in [-0.3, -0.25) is 0 Å². The predicted molar refractivity (Wildman–Crippen MR) is 70.5 cm³/mol. The summed E-state index contributed by atoms with van der Waals surface area (Å²) >= 11 is 0. The van der Waals surface area contributed by atoms with E-state index >= 15 is 0 Å². The van der Waals surface area contributed by atoms with Gasteiger partial charge in [0.15, 0.2) is 0 Å². The van der Waals surface area contributed by atoms with E-state index in [4.69, 9.17) is 0 Å². The molecule has 0 aliphatic rings. The number of halogens is 2. The Morgan fingerprint density at radius 3 is 2.33 bits per heavy atom. The number of hydrogen-bond acceptors (Lipinski definition) is 0. The minimum atomic E-state index is -0.301. The summed E-state index contributed by atoms with van der Waals surface area (Å²) in [6.07, 6.45) is 1.84. The van der Waals surface area contributed by atoms with Crippen LogP contribution in [0.25, 0.3) is 11.1 Å². The van der Waals surface area contributed by atoms with E-state index in [9.17, 15) is 8.78 Å². The first-order valence-electron chi connectivity index (χ1n) is 6.16. The summed E-state index contributed by atoms with van der Waals surface area (Å²) in [5, 5.41) is 0. The molecule has 0 atom stereocenters. The lowest BCUT2D eigenvalue weighted by Gasteiger charge is -2.07. The van der Waals surface area contributed by atoms with E-state index in [1.807, 2.05) is 6.07 Å². The number of aryl methyl sites for hydroxylation is 2. The molecule has 0 unspecified atom stereocenters. The molecule has 0 aliphatic carbocycles. The Morgan fingerprint density at radius 2 is 1.72 bits per heavy atom. The van der Waals surface area contributed by atoms with E-state index in [-0.39, 0.29) is 11.6 Å². The van der Waals surface area contributed by atoms with Gasteiger partial charge in [0.2, 0.25) is 0 Å². The number of benzene rings is 2. The van der Waals surface area contributed by atoms with E-state index in [0.717, 1.165) is 18.4 Å². The van der Waals surface area contributed by atoms with Crippen molar-refractivity contribution in [1.29, 1.82) is 0 Å². The highest BCUT2D eigenvalue weighted by Crippen LogP contribution is 2.25. The minimum Gasteiger partial charge on any atom is -0.207 e. The third-order valence-corrected chi connectivity index (χ3v) is 3.06. The lowest BCUT2D eigenvalue weighted by Crippen LogP contribution is -1.91. The highest BCUT2D eigenvalue weighted by molar-refractivity contribution is 5.65. The molecular weight excluding hydrogens is 230 g/mol. The molecule has 2 aromatic carbocycles. The van der Waals surface area contributed by atoms with Crippen LogP contribution in [0, 0.1) is 18.6 Å². The second kappa shape index (κ2) is 5.30. The normalized spacial score (nSPS) is 10.7. The van der Waals surface area contributed by atoms with E-state index in [1.54, 1.807) is 25.1 Å². The lowest BCUT2D eigenvalue weighted by atomic mass is 10.0. The molecule has 0 aliphatic heterocycles. The maximum atomic E-state index is 14.0. The summed E-state index contributed by atoms with van der Waals surface area (Å²) in [5.41, 5.74) is 2.58. The summed E-state index contributed by atoms with van der Waals surface area (Å²) in [6.45, 7) is 3.75. The fourth-order valence-corrected chi connectivity index (χ4v) is 2.00. The van der Waals surface area contributed by atoms with Crippen LogP contribution in [0.1, 0.15) is 24.5 Å². The predicted octanol–water partition coefficient (Wildman–Crippen LogP) is 4.89. The first-order chi connectivity index (χ1) is 8.61. The first-order valence-corrected chi connectivity index (χ1v) is 6.16.